The summed E-state index contributed by atoms with van der Waals surface area (Å²) >= 11 is 0. The lowest BCUT2D eigenvalue weighted by molar-refractivity contribution is -0.0190. The Morgan fingerprint density at radius 3 is 2.40 bits per heavy atom. The zero-order valence-electron chi connectivity index (χ0n) is 7.66. The number of rotatable bonds is 2. The molecule has 1 aromatic rings. The first-order chi connectivity index (χ1) is 7.00. The molecule has 9 nitrogen and oxygen atoms in total. The number of hydrogen-bond acceptors (Lipinski definition) is 7. The van der Waals surface area contributed by atoms with Gasteiger partial charge >= 0.3 is 5.56 Å². The minimum Gasteiger partial charge on any atom is -0.409 e. The van der Waals surface area contributed by atoms with Crippen molar-refractivity contribution in [3.8, 4) is 0 Å². The molecule has 0 aliphatic heterocycles. The zero-order valence-corrected chi connectivity index (χ0v) is 7.66. The first-order valence-electron chi connectivity index (χ1n) is 3.93. The van der Waals surface area contributed by atoms with Gasteiger partial charge in [-0.2, -0.15) is 0 Å². The fourth-order valence-corrected chi connectivity index (χ4v) is 0.942. The van der Waals surface area contributed by atoms with Crippen LogP contribution >= 0.6 is 0 Å². The maximum Gasteiger partial charge on any atom is 0.331 e. The van der Waals surface area contributed by atoms with Gasteiger partial charge in [0.05, 0.1) is 13.2 Å². The largest absolute Gasteiger partial charge is 0.409 e. The highest BCUT2D eigenvalue weighted by molar-refractivity contribution is 5.56. The molecule has 0 saturated heterocycles. The molecular formula is C6H11N5O4. The summed E-state index contributed by atoms with van der Waals surface area (Å²) in [5.74, 6) is -0.422. The van der Waals surface area contributed by atoms with Crippen LogP contribution in [0, 0.1) is 0 Å². The van der Waals surface area contributed by atoms with E-state index in [1.807, 2.05) is 0 Å². The number of aromatic nitrogens is 2. The van der Waals surface area contributed by atoms with Crippen LogP contribution in [0.5, 0.6) is 0 Å². The van der Waals surface area contributed by atoms with Gasteiger partial charge < -0.3 is 27.0 Å². The smallest absolute Gasteiger partial charge is 0.331 e. The number of aliphatic hydroxyl groups excluding tert-OH is 1. The molecule has 1 rings (SSSR count). The quantitative estimate of drug-likeness (QED) is 0.337. The second-order valence-electron chi connectivity index (χ2n) is 2.64. The molecule has 0 saturated carbocycles. The minimum absolute atomic E-state index is 0.00433. The van der Waals surface area contributed by atoms with Crippen LogP contribution in [0.15, 0.2) is 9.79 Å². The Morgan fingerprint density at radius 2 is 1.87 bits per heavy atom. The van der Waals surface area contributed by atoms with Gasteiger partial charge in [0.1, 0.15) is 5.69 Å². The Labute approximate surface area is 83.0 Å². The van der Waals surface area contributed by atoms with E-state index in [0.717, 1.165) is 0 Å². The molecule has 0 aliphatic rings. The Morgan fingerprint density at radius 1 is 1.27 bits per heavy atom. The molecule has 0 radical (unpaired) electrons. The molecular weight excluding hydrogens is 206 g/mol. The predicted molar refractivity (Wildman–Crippen MR) is 49.4 cm³/mol. The Kier molecular flexibility index (Phi) is 2.85. The van der Waals surface area contributed by atoms with Crippen LogP contribution in [0.1, 0.15) is 0 Å². The number of anilines is 2. The van der Waals surface area contributed by atoms with Crippen molar-refractivity contribution >= 4 is 11.5 Å². The van der Waals surface area contributed by atoms with E-state index < -0.39 is 11.4 Å². The maximum absolute atomic E-state index is 11.3. The van der Waals surface area contributed by atoms with E-state index in [1.165, 1.54) is 0 Å². The molecule has 15 heavy (non-hydrogen) atoms. The summed E-state index contributed by atoms with van der Waals surface area (Å²) in [7, 11) is 0. The third kappa shape index (κ3) is 1.72. The SMILES string of the molecule is Nc1c(N)n(O)n(O)c(=O)c1=NCCO. The van der Waals surface area contributed by atoms with Gasteiger partial charge in [0.15, 0.2) is 11.2 Å². The van der Waals surface area contributed by atoms with Gasteiger partial charge in [-0.1, -0.05) is 4.85 Å². The van der Waals surface area contributed by atoms with Crippen molar-refractivity contribution in [2.45, 2.75) is 0 Å². The molecule has 0 unspecified atom stereocenters. The van der Waals surface area contributed by atoms with E-state index in [1.54, 1.807) is 0 Å². The van der Waals surface area contributed by atoms with Crippen molar-refractivity contribution in [1.29, 1.82) is 0 Å². The normalized spacial score (nSPS) is 11.9. The molecule has 0 fully saturated rings. The molecule has 84 valence electrons. The Bertz CT molecular complexity index is 488. The Balaban J connectivity index is 3.61. The fraction of sp³-hybridized carbons (Fsp3) is 0.333. The van der Waals surface area contributed by atoms with Crippen molar-refractivity contribution in [1.82, 2.24) is 9.69 Å². The van der Waals surface area contributed by atoms with Crippen LogP contribution in [0.2, 0.25) is 0 Å². The molecule has 1 aromatic heterocycles. The summed E-state index contributed by atoms with van der Waals surface area (Å²) in [4.78, 5) is 14.8. The molecule has 7 N–H and O–H groups in total. The topological polar surface area (TPSA) is 152 Å². The highest BCUT2D eigenvalue weighted by Crippen LogP contribution is 2.02. The van der Waals surface area contributed by atoms with Gasteiger partial charge in [-0.15, -0.1) is 0 Å². The van der Waals surface area contributed by atoms with Crippen LogP contribution in [-0.4, -0.2) is 38.4 Å². The summed E-state index contributed by atoms with van der Waals surface area (Å²) in [5, 5.41) is 26.3. The zero-order chi connectivity index (χ0) is 11.6. The molecule has 9 heteroatoms. The summed E-state index contributed by atoms with van der Waals surface area (Å²) in [6, 6.07) is 0. The summed E-state index contributed by atoms with van der Waals surface area (Å²) in [6.45, 7) is -0.341. The van der Waals surface area contributed by atoms with E-state index >= 15 is 0 Å². The molecule has 0 spiro atoms. The van der Waals surface area contributed by atoms with Gasteiger partial charge in [-0.05, 0) is 4.85 Å². The van der Waals surface area contributed by atoms with Crippen LogP contribution in [0.4, 0.5) is 11.5 Å². The van der Waals surface area contributed by atoms with E-state index in [4.69, 9.17) is 27.0 Å². The number of nitrogens with two attached hydrogens (primary N) is 2. The lowest BCUT2D eigenvalue weighted by Gasteiger charge is -2.08. The van der Waals surface area contributed by atoms with Crippen LogP contribution < -0.4 is 22.4 Å². The van der Waals surface area contributed by atoms with E-state index in [9.17, 15) is 4.79 Å². The van der Waals surface area contributed by atoms with Crippen molar-refractivity contribution in [2.24, 2.45) is 4.99 Å². The number of hydrogen-bond donors (Lipinski definition) is 5. The number of nitrogen functional groups attached to an aromatic ring is 2. The highest BCUT2D eigenvalue weighted by Gasteiger charge is 2.11. The summed E-state index contributed by atoms with van der Waals surface area (Å²) < 4.78 is 0. The maximum atomic E-state index is 11.3. The molecule has 1 heterocycles. The van der Waals surface area contributed by atoms with Gasteiger partial charge in [0.2, 0.25) is 0 Å². The van der Waals surface area contributed by atoms with Crippen LogP contribution in [0.3, 0.4) is 0 Å². The summed E-state index contributed by atoms with van der Waals surface area (Å²) in [6.07, 6.45) is 0. The second kappa shape index (κ2) is 3.92. The number of aliphatic hydroxyl groups is 1. The second-order valence-corrected chi connectivity index (χ2v) is 2.64. The van der Waals surface area contributed by atoms with Gasteiger partial charge in [-0.25, -0.2) is 0 Å². The average molecular weight is 217 g/mol. The first kappa shape index (κ1) is 10.9. The molecule has 0 aliphatic carbocycles. The summed E-state index contributed by atoms with van der Waals surface area (Å²) in [5.41, 5.74) is 9.37. The number of nitrogens with zero attached hydrogens (tertiary/aromatic N) is 3. The van der Waals surface area contributed by atoms with Crippen LogP contribution in [-0.2, 0) is 0 Å². The van der Waals surface area contributed by atoms with Gasteiger partial charge in [-0.3, -0.25) is 9.79 Å². The van der Waals surface area contributed by atoms with E-state index in [-0.39, 0.29) is 33.9 Å². The van der Waals surface area contributed by atoms with Crippen molar-refractivity contribution < 1.29 is 15.5 Å². The van der Waals surface area contributed by atoms with Gasteiger partial charge in [0.25, 0.3) is 0 Å². The fourth-order valence-electron chi connectivity index (χ4n) is 0.942. The van der Waals surface area contributed by atoms with Crippen LogP contribution in [0.25, 0.3) is 0 Å². The molecule has 0 bridgehead atoms. The lowest BCUT2D eigenvalue weighted by atomic mass is 10.4. The predicted octanol–water partition coefficient (Wildman–Crippen LogP) is -2.82. The lowest BCUT2D eigenvalue weighted by Crippen LogP contribution is -2.42. The van der Waals surface area contributed by atoms with E-state index in [0.29, 0.717) is 0 Å². The Hall–Kier alpha value is -2.16. The average Bonchev–Trinajstić information content (AvgIpc) is 2.24. The van der Waals surface area contributed by atoms with Gasteiger partial charge in [0, 0.05) is 0 Å². The minimum atomic E-state index is -1.03. The third-order valence-corrected chi connectivity index (χ3v) is 1.68. The first-order valence-corrected chi connectivity index (χ1v) is 3.93. The van der Waals surface area contributed by atoms with Crippen molar-refractivity contribution in [3.63, 3.8) is 0 Å². The standard InChI is InChI=1S/C6H11N5O4/c7-3-4(9-1-2-12)6(13)11(15)10(14)5(3)8/h12,14-15H,1-2,7-8H2. The molecule has 0 aromatic carbocycles. The molecule has 0 amide bonds. The van der Waals surface area contributed by atoms with E-state index in [2.05, 4.69) is 4.99 Å². The monoisotopic (exact) mass is 217 g/mol. The molecule has 0 atom stereocenters. The third-order valence-electron chi connectivity index (χ3n) is 1.68. The highest BCUT2D eigenvalue weighted by atomic mass is 16.6. The van der Waals surface area contributed by atoms with Crippen molar-refractivity contribution in [2.75, 3.05) is 24.6 Å². The van der Waals surface area contributed by atoms with Crippen molar-refractivity contribution in [3.05, 3.63) is 15.7 Å².